The first-order valence-electron chi connectivity index (χ1n) is 10.3. The molecule has 0 N–H and O–H groups in total. The zero-order valence-electron chi connectivity index (χ0n) is 16.3. The van der Waals surface area contributed by atoms with Gasteiger partial charge in [-0.3, -0.25) is 4.90 Å². The van der Waals surface area contributed by atoms with E-state index in [1.165, 1.54) is 56.3 Å². The summed E-state index contributed by atoms with van der Waals surface area (Å²) >= 11 is 0. The van der Waals surface area contributed by atoms with Crippen molar-refractivity contribution in [3.05, 3.63) is 0 Å². The van der Waals surface area contributed by atoms with Gasteiger partial charge in [0.15, 0.2) is 0 Å². The van der Waals surface area contributed by atoms with Crippen molar-refractivity contribution < 1.29 is 19.1 Å². The number of carbonyl (C=O) groups is 2. The van der Waals surface area contributed by atoms with Crippen molar-refractivity contribution in [1.82, 2.24) is 4.90 Å². The Balaban J connectivity index is 2.02. The highest BCUT2D eigenvalue weighted by molar-refractivity contribution is 5.82. The lowest BCUT2D eigenvalue weighted by molar-refractivity contribution is -0.148. The molecule has 1 saturated heterocycles. The van der Waals surface area contributed by atoms with Gasteiger partial charge in [0, 0.05) is 6.54 Å². The van der Waals surface area contributed by atoms with Gasteiger partial charge < -0.3 is 9.47 Å². The van der Waals surface area contributed by atoms with Gasteiger partial charge in [0.25, 0.3) is 0 Å². The molecule has 1 aliphatic rings. The van der Waals surface area contributed by atoms with Crippen LogP contribution in [0.5, 0.6) is 0 Å². The third-order valence-electron chi connectivity index (χ3n) is 4.77. The second-order valence-corrected chi connectivity index (χ2v) is 6.90. The van der Waals surface area contributed by atoms with Gasteiger partial charge in [0.05, 0.1) is 13.2 Å². The Labute approximate surface area is 153 Å². The first-order chi connectivity index (χ1) is 12.2. The van der Waals surface area contributed by atoms with Crippen molar-refractivity contribution in [1.29, 1.82) is 0 Å². The van der Waals surface area contributed by atoms with E-state index >= 15 is 0 Å². The number of nitrogens with zero attached hydrogens (tertiary/aromatic N) is 1. The summed E-state index contributed by atoms with van der Waals surface area (Å²) in [7, 11) is 0. The molecule has 1 fully saturated rings. The van der Waals surface area contributed by atoms with Gasteiger partial charge in [-0.1, -0.05) is 64.7 Å². The zero-order chi connectivity index (χ0) is 18.3. The Bertz CT molecular complexity index is 373. The number of hydrogen-bond acceptors (Lipinski definition) is 4. The van der Waals surface area contributed by atoms with Crippen LogP contribution < -0.4 is 0 Å². The highest BCUT2D eigenvalue weighted by atomic mass is 16.6. The van der Waals surface area contributed by atoms with Crippen LogP contribution in [0.2, 0.25) is 0 Å². The van der Waals surface area contributed by atoms with Crippen LogP contribution >= 0.6 is 0 Å². The molecule has 0 aromatic carbocycles. The smallest absolute Gasteiger partial charge is 0.410 e. The molecule has 0 aromatic rings. The lowest BCUT2D eigenvalue weighted by Crippen LogP contribution is -2.41. The van der Waals surface area contributed by atoms with Crippen molar-refractivity contribution in [3.8, 4) is 0 Å². The molecule has 1 amide bonds. The van der Waals surface area contributed by atoms with Crippen LogP contribution in [0.25, 0.3) is 0 Å². The monoisotopic (exact) mass is 355 g/mol. The van der Waals surface area contributed by atoms with Crippen LogP contribution in [0, 0.1) is 0 Å². The fourth-order valence-corrected chi connectivity index (χ4v) is 3.30. The number of carbonyl (C=O) groups excluding carboxylic acids is 2. The predicted octanol–water partition coefficient (Wildman–Crippen LogP) is 5.07. The number of likely N-dealkylation sites (tertiary alicyclic amines) is 1. The number of ether oxygens (including phenoxy) is 2. The van der Waals surface area contributed by atoms with Crippen molar-refractivity contribution >= 4 is 12.1 Å². The molecule has 1 unspecified atom stereocenters. The highest BCUT2D eigenvalue weighted by Crippen LogP contribution is 2.19. The van der Waals surface area contributed by atoms with E-state index in [0.717, 1.165) is 19.3 Å². The molecule has 1 heterocycles. The number of esters is 1. The molecule has 0 aromatic heterocycles. The average molecular weight is 356 g/mol. The van der Waals surface area contributed by atoms with Gasteiger partial charge in [0.1, 0.15) is 6.04 Å². The molecule has 146 valence electrons. The van der Waals surface area contributed by atoms with Crippen LogP contribution in [0.15, 0.2) is 0 Å². The van der Waals surface area contributed by atoms with Gasteiger partial charge in [-0.25, -0.2) is 9.59 Å². The molecule has 0 radical (unpaired) electrons. The van der Waals surface area contributed by atoms with Crippen molar-refractivity contribution in [3.63, 3.8) is 0 Å². The maximum atomic E-state index is 12.2. The number of amides is 1. The molecule has 0 bridgehead atoms. The molecule has 0 saturated carbocycles. The molecule has 5 heteroatoms. The van der Waals surface area contributed by atoms with E-state index < -0.39 is 12.1 Å². The summed E-state index contributed by atoms with van der Waals surface area (Å²) in [4.78, 5) is 25.5. The van der Waals surface area contributed by atoms with E-state index in [2.05, 4.69) is 6.92 Å². The van der Waals surface area contributed by atoms with Crippen LogP contribution in [0.4, 0.5) is 4.79 Å². The van der Waals surface area contributed by atoms with Gasteiger partial charge in [-0.15, -0.1) is 0 Å². The summed E-state index contributed by atoms with van der Waals surface area (Å²) in [5.41, 5.74) is 0. The van der Waals surface area contributed by atoms with Crippen LogP contribution in [0.3, 0.4) is 0 Å². The highest BCUT2D eigenvalue weighted by Gasteiger charge is 2.36. The minimum atomic E-state index is -0.456. The van der Waals surface area contributed by atoms with E-state index in [4.69, 9.17) is 9.47 Å². The maximum absolute atomic E-state index is 12.2. The molecule has 25 heavy (non-hydrogen) atoms. The third-order valence-corrected chi connectivity index (χ3v) is 4.77. The first kappa shape index (κ1) is 21.8. The minimum absolute atomic E-state index is 0.276. The number of hydrogen-bond donors (Lipinski definition) is 0. The normalized spacial score (nSPS) is 16.9. The van der Waals surface area contributed by atoms with E-state index in [0.29, 0.717) is 26.2 Å². The maximum Gasteiger partial charge on any atom is 0.410 e. The van der Waals surface area contributed by atoms with E-state index in [1.807, 2.05) is 0 Å². The van der Waals surface area contributed by atoms with Gasteiger partial charge in [-0.05, 0) is 26.2 Å². The number of rotatable bonds is 13. The van der Waals surface area contributed by atoms with Crippen molar-refractivity contribution in [2.45, 2.75) is 96.9 Å². The second-order valence-electron chi connectivity index (χ2n) is 6.90. The quantitative estimate of drug-likeness (QED) is 0.342. The second kappa shape index (κ2) is 14.0. The minimum Gasteiger partial charge on any atom is -0.464 e. The molecule has 1 atom stereocenters. The summed E-state index contributed by atoms with van der Waals surface area (Å²) in [6, 6.07) is -0.456. The van der Waals surface area contributed by atoms with Crippen LogP contribution in [-0.2, 0) is 14.3 Å². The van der Waals surface area contributed by atoms with Crippen LogP contribution in [0.1, 0.15) is 90.9 Å². The first-order valence-corrected chi connectivity index (χ1v) is 10.3. The molecule has 5 nitrogen and oxygen atoms in total. The lowest BCUT2D eigenvalue weighted by Gasteiger charge is -2.22. The molecule has 1 rings (SSSR count). The molecule has 0 spiro atoms. The molecular formula is C20H37NO4. The van der Waals surface area contributed by atoms with Crippen molar-refractivity contribution in [2.24, 2.45) is 0 Å². The fraction of sp³-hybridized carbons (Fsp3) is 0.900. The predicted molar refractivity (Wildman–Crippen MR) is 99.6 cm³/mol. The van der Waals surface area contributed by atoms with Crippen LogP contribution in [-0.4, -0.2) is 42.8 Å². The summed E-state index contributed by atoms with van der Waals surface area (Å²) in [5.74, 6) is -0.276. The summed E-state index contributed by atoms with van der Waals surface area (Å²) < 4.78 is 10.4. The molecular weight excluding hydrogens is 318 g/mol. The Kier molecular flexibility index (Phi) is 12.2. The molecule has 0 aliphatic carbocycles. The Morgan fingerprint density at radius 1 is 0.880 bits per heavy atom. The van der Waals surface area contributed by atoms with E-state index in [1.54, 1.807) is 6.92 Å². The average Bonchev–Trinajstić information content (AvgIpc) is 3.09. The van der Waals surface area contributed by atoms with Gasteiger partial charge in [0.2, 0.25) is 0 Å². The summed E-state index contributed by atoms with van der Waals surface area (Å²) in [6.45, 7) is 5.38. The lowest BCUT2D eigenvalue weighted by atomic mass is 10.1. The Morgan fingerprint density at radius 2 is 1.48 bits per heavy atom. The Hall–Kier alpha value is -1.26. The zero-order valence-corrected chi connectivity index (χ0v) is 16.3. The van der Waals surface area contributed by atoms with Gasteiger partial charge >= 0.3 is 12.1 Å². The molecule has 1 aliphatic heterocycles. The topological polar surface area (TPSA) is 55.8 Å². The summed E-state index contributed by atoms with van der Waals surface area (Å²) in [6.07, 6.45) is 13.7. The standard InChI is InChI=1S/C20H37NO4/c1-3-5-6-7-8-9-10-11-12-13-17-25-19(22)18-15-14-16-21(18)20(23)24-4-2/h18H,3-17H2,1-2H3. The third kappa shape index (κ3) is 9.13. The number of unbranched alkanes of at least 4 members (excludes halogenated alkanes) is 9. The fourth-order valence-electron chi connectivity index (χ4n) is 3.30. The van der Waals surface area contributed by atoms with E-state index in [9.17, 15) is 9.59 Å². The van der Waals surface area contributed by atoms with E-state index in [-0.39, 0.29) is 5.97 Å². The Morgan fingerprint density at radius 3 is 2.08 bits per heavy atom. The SMILES string of the molecule is CCCCCCCCCCCCOC(=O)C1CCCN1C(=O)OCC. The van der Waals surface area contributed by atoms with Gasteiger partial charge in [-0.2, -0.15) is 0 Å². The van der Waals surface area contributed by atoms with Crippen molar-refractivity contribution in [2.75, 3.05) is 19.8 Å². The largest absolute Gasteiger partial charge is 0.464 e. The summed E-state index contributed by atoms with van der Waals surface area (Å²) in [5, 5.41) is 0.